The van der Waals surface area contributed by atoms with E-state index in [1.54, 1.807) is 43.5 Å². The second-order valence-corrected chi connectivity index (χ2v) is 5.26. The fourth-order valence-electron chi connectivity index (χ4n) is 1.83. The maximum absolute atomic E-state index is 8.68. The van der Waals surface area contributed by atoms with Crippen molar-refractivity contribution in [2.45, 2.75) is 0 Å². The first-order valence-electron chi connectivity index (χ1n) is 6.70. The highest BCUT2D eigenvalue weighted by molar-refractivity contribution is 6.35. The minimum absolute atomic E-state index is 0.276. The smallest absolute Gasteiger partial charge is 0.138 e. The fraction of sp³-hybridized carbons (Fsp3) is 0.188. The van der Waals surface area contributed by atoms with Crippen molar-refractivity contribution in [3.63, 3.8) is 0 Å². The molecule has 0 aliphatic rings. The highest BCUT2D eigenvalue weighted by atomic mass is 35.5. The normalized spacial score (nSPS) is 10.7. The van der Waals surface area contributed by atoms with Gasteiger partial charge < -0.3 is 19.4 Å². The summed E-state index contributed by atoms with van der Waals surface area (Å²) in [4.78, 5) is 0. The summed E-state index contributed by atoms with van der Waals surface area (Å²) in [5, 5.41) is 12.7. The Bertz CT molecular complexity index is 692. The van der Waals surface area contributed by atoms with Crippen LogP contribution in [-0.4, -0.2) is 31.7 Å². The molecule has 0 bridgehead atoms. The average molecular weight is 356 g/mol. The van der Waals surface area contributed by atoms with Crippen LogP contribution in [0.15, 0.2) is 41.6 Å². The Morgan fingerprint density at radius 2 is 1.78 bits per heavy atom. The quantitative estimate of drug-likeness (QED) is 0.348. The molecule has 0 unspecified atom stereocenters. The van der Waals surface area contributed by atoms with Gasteiger partial charge in [-0.15, -0.1) is 0 Å². The van der Waals surface area contributed by atoms with Gasteiger partial charge in [0.1, 0.15) is 30.5 Å². The van der Waals surface area contributed by atoms with Crippen LogP contribution >= 0.6 is 23.2 Å². The number of methoxy groups -OCH3 is 1. The molecule has 2 aromatic rings. The van der Waals surface area contributed by atoms with Gasteiger partial charge in [0.15, 0.2) is 0 Å². The van der Waals surface area contributed by atoms with Crippen molar-refractivity contribution in [2.75, 3.05) is 20.3 Å². The van der Waals surface area contributed by atoms with Gasteiger partial charge in [-0.3, -0.25) is 0 Å². The summed E-state index contributed by atoms with van der Waals surface area (Å²) in [6, 6.07) is 10.2. The maximum atomic E-state index is 8.68. The topological polar surface area (TPSA) is 60.3 Å². The largest absolute Gasteiger partial charge is 0.497 e. The van der Waals surface area contributed by atoms with E-state index in [1.807, 2.05) is 0 Å². The van der Waals surface area contributed by atoms with Crippen LogP contribution in [0, 0.1) is 0 Å². The van der Waals surface area contributed by atoms with E-state index in [4.69, 9.17) is 42.6 Å². The zero-order valence-corrected chi connectivity index (χ0v) is 13.8. The minimum Gasteiger partial charge on any atom is -0.497 e. The Hall–Kier alpha value is -2.11. The van der Waals surface area contributed by atoms with Crippen molar-refractivity contribution in [1.82, 2.24) is 0 Å². The van der Waals surface area contributed by atoms with Crippen molar-refractivity contribution < 1.29 is 19.4 Å². The lowest BCUT2D eigenvalue weighted by molar-refractivity contribution is 0.216. The van der Waals surface area contributed by atoms with Gasteiger partial charge >= 0.3 is 0 Å². The molecule has 0 radical (unpaired) electrons. The molecule has 0 amide bonds. The van der Waals surface area contributed by atoms with E-state index in [1.165, 1.54) is 6.21 Å². The zero-order valence-electron chi connectivity index (χ0n) is 12.3. The van der Waals surface area contributed by atoms with E-state index >= 15 is 0 Å². The van der Waals surface area contributed by atoms with Gasteiger partial charge in [0.2, 0.25) is 0 Å². The molecule has 0 fully saturated rings. The lowest BCUT2D eigenvalue weighted by Crippen LogP contribution is -2.10. The Morgan fingerprint density at radius 3 is 2.43 bits per heavy atom. The summed E-state index contributed by atoms with van der Waals surface area (Å²) in [5.74, 6) is 1.69. The Morgan fingerprint density at radius 1 is 1.04 bits per heavy atom. The highest BCUT2D eigenvalue weighted by Gasteiger charge is 2.06. The summed E-state index contributed by atoms with van der Waals surface area (Å²) < 4.78 is 16.3. The van der Waals surface area contributed by atoms with Crippen LogP contribution in [0.2, 0.25) is 10.0 Å². The number of halogens is 2. The molecule has 0 atom stereocenters. The molecular formula is C16H15Cl2NO4. The highest BCUT2D eigenvalue weighted by Crippen LogP contribution is 2.27. The molecule has 1 N–H and O–H groups in total. The second-order valence-electron chi connectivity index (χ2n) is 4.42. The lowest BCUT2D eigenvalue weighted by atomic mass is 10.2. The van der Waals surface area contributed by atoms with Crippen molar-refractivity contribution in [1.29, 1.82) is 0 Å². The third-order valence-electron chi connectivity index (χ3n) is 2.91. The lowest BCUT2D eigenvalue weighted by Gasteiger charge is -2.12. The second kappa shape index (κ2) is 8.50. The molecule has 5 nitrogen and oxygen atoms in total. The Kier molecular flexibility index (Phi) is 6.38. The Labute approximate surface area is 144 Å². The summed E-state index contributed by atoms with van der Waals surface area (Å²) in [6.45, 7) is 0.562. The van der Waals surface area contributed by atoms with Crippen LogP contribution < -0.4 is 14.2 Å². The van der Waals surface area contributed by atoms with Crippen LogP contribution in [0.3, 0.4) is 0 Å². The van der Waals surface area contributed by atoms with Crippen LogP contribution in [-0.2, 0) is 0 Å². The van der Waals surface area contributed by atoms with E-state index in [0.29, 0.717) is 32.9 Å². The van der Waals surface area contributed by atoms with E-state index < -0.39 is 0 Å². The number of ether oxygens (including phenoxy) is 3. The number of oxime groups is 1. The third kappa shape index (κ3) is 4.94. The predicted molar refractivity (Wildman–Crippen MR) is 89.8 cm³/mol. The number of nitrogens with zero attached hydrogens (tertiary/aromatic N) is 1. The van der Waals surface area contributed by atoms with Crippen molar-refractivity contribution >= 4 is 29.4 Å². The van der Waals surface area contributed by atoms with Gasteiger partial charge in [-0.1, -0.05) is 28.4 Å². The molecule has 0 aliphatic heterocycles. The summed E-state index contributed by atoms with van der Waals surface area (Å²) in [5.41, 5.74) is 0.623. The van der Waals surface area contributed by atoms with Gasteiger partial charge in [-0.05, 0) is 30.3 Å². The van der Waals surface area contributed by atoms with Gasteiger partial charge in [-0.25, -0.2) is 0 Å². The third-order valence-corrected chi connectivity index (χ3v) is 3.44. The number of rotatable bonds is 7. The molecule has 23 heavy (non-hydrogen) atoms. The van der Waals surface area contributed by atoms with Gasteiger partial charge in [-0.2, -0.15) is 0 Å². The molecule has 2 rings (SSSR count). The molecule has 0 spiro atoms. The van der Waals surface area contributed by atoms with Crippen molar-refractivity contribution in [2.24, 2.45) is 5.16 Å². The summed E-state index contributed by atoms with van der Waals surface area (Å²) in [7, 11) is 1.56. The molecule has 0 heterocycles. The SMILES string of the molecule is COc1ccc(C=NO)c(OCCOc2ccc(Cl)cc2Cl)c1. The van der Waals surface area contributed by atoms with E-state index in [2.05, 4.69) is 5.16 Å². The molecule has 122 valence electrons. The van der Waals surface area contributed by atoms with Gasteiger partial charge in [0.05, 0.1) is 18.3 Å². The molecular weight excluding hydrogens is 341 g/mol. The van der Waals surface area contributed by atoms with Crippen LogP contribution in [0.25, 0.3) is 0 Å². The average Bonchev–Trinajstić information content (AvgIpc) is 2.54. The van der Waals surface area contributed by atoms with Gasteiger partial charge in [0.25, 0.3) is 0 Å². The van der Waals surface area contributed by atoms with Crippen molar-refractivity contribution in [3.05, 3.63) is 52.0 Å². The van der Waals surface area contributed by atoms with E-state index in [9.17, 15) is 0 Å². The molecule has 7 heteroatoms. The first-order valence-corrected chi connectivity index (χ1v) is 7.45. The summed E-state index contributed by atoms with van der Waals surface area (Å²) in [6.07, 6.45) is 1.28. The van der Waals surface area contributed by atoms with Crippen LogP contribution in [0.1, 0.15) is 5.56 Å². The maximum Gasteiger partial charge on any atom is 0.138 e. The van der Waals surface area contributed by atoms with Crippen LogP contribution in [0.4, 0.5) is 0 Å². The fourth-order valence-corrected chi connectivity index (χ4v) is 2.29. The monoisotopic (exact) mass is 355 g/mol. The molecule has 2 aromatic carbocycles. The number of hydrogen-bond acceptors (Lipinski definition) is 5. The number of benzene rings is 2. The minimum atomic E-state index is 0.276. The van der Waals surface area contributed by atoms with Crippen LogP contribution in [0.5, 0.6) is 17.2 Å². The standard InChI is InChI=1S/C16H15Cl2NO4/c1-21-13-4-2-11(10-19-20)16(9-13)23-7-6-22-15-5-3-12(17)8-14(15)18/h2-5,8-10,20H,6-7H2,1H3. The number of hydrogen-bond donors (Lipinski definition) is 1. The van der Waals surface area contributed by atoms with E-state index in [0.717, 1.165) is 0 Å². The Balaban J connectivity index is 1.95. The zero-order chi connectivity index (χ0) is 16.7. The molecule has 0 saturated carbocycles. The molecule has 0 aromatic heterocycles. The van der Waals surface area contributed by atoms with Crippen molar-refractivity contribution in [3.8, 4) is 17.2 Å². The first kappa shape index (κ1) is 17.2. The molecule has 0 aliphatic carbocycles. The van der Waals surface area contributed by atoms with Gasteiger partial charge in [0, 0.05) is 16.7 Å². The first-order chi connectivity index (χ1) is 11.1. The van der Waals surface area contributed by atoms with E-state index in [-0.39, 0.29) is 13.2 Å². The predicted octanol–water partition coefficient (Wildman–Crippen LogP) is 4.27. The summed E-state index contributed by atoms with van der Waals surface area (Å²) >= 11 is 11.8. The molecule has 0 saturated heterocycles.